The first kappa shape index (κ1) is 19.6. The molecule has 2 aliphatic carbocycles. The van der Waals surface area contributed by atoms with Crippen LogP contribution in [0.25, 0.3) is 0 Å². The van der Waals surface area contributed by atoms with Crippen LogP contribution in [0.3, 0.4) is 0 Å². The molecule has 0 spiro atoms. The number of hydrogen-bond donors (Lipinski definition) is 1. The largest absolute Gasteiger partial charge is 0.490 e. The molecule has 1 aromatic rings. The minimum atomic E-state index is -3.33. The molecule has 0 bridgehead atoms. The average Bonchev–Trinajstić information content (AvgIpc) is 3.31. The van der Waals surface area contributed by atoms with E-state index in [-0.39, 0.29) is 17.3 Å². The Hall–Kier alpha value is -1.14. The van der Waals surface area contributed by atoms with Crippen LogP contribution < -0.4 is 9.46 Å². The summed E-state index contributed by atoms with van der Waals surface area (Å²) < 4.78 is 47.4. The van der Waals surface area contributed by atoms with Crippen molar-refractivity contribution in [2.45, 2.75) is 70.3 Å². The summed E-state index contributed by atoms with van der Waals surface area (Å²) in [5.41, 5.74) is 0.228. The third-order valence-corrected chi connectivity index (χ3v) is 7.08. The fraction of sp³-hybridized carbons (Fsp3) is 0.700. The number of unbranched alkanes of at least 4 members (excludes halogenated alkanes) is 3. The summed E-state index contributed by atoms with van der Waals surface area (Å²) in [4.78, 5) is 0. The fourth-order valence-electron chi connectivity index (χ4n) is 3.42. The highest BCUT2D eigenvalue weighted by Gasteiger charge is 2.47. The van der Waals surface area contributed by atoms with Gasteiger partial charge in [-0.25, -0.2) is 17.5 Å². The molecule has 1 aromatic carbocycles. The van der Waals surface area contributed by atoms with Crippen molar-refractivity contribution < 1.29 is 17.5 Å². The van der Waals surface area contributed by atoms with Gasteiger partial charge in [0.25, 0.3) is 0 Å². The summed E-state index contributed by atoms with van der Waals surface area (Å²) in [6.07, 6.45) is 8.74. The van der Waals surface area contributed by atoms with Crippen molar-refractivity contribution in [3.8, 4) is 5.75 Å². The lowest BCUT2D eigenvalue weighted by molar-refractivity contribution is 0.175. The van der Waals surface area contributed by atoms with E-state index in [0.29, 0.717) is 18.9 Å². The van der Waals surface area contributed by atoms with Gasteiger partial charge in [-0.05, 0) is 55.7 Å². The third kappa shape index (κ3) is 4.97. The van der Waals surface area contributed by atoms with Gasteiger partial charge in [-0.15, -0.1) is 0 Å². The second-order valence-electron chi connectivity index (χ2n) is 7.82. The molecule has 4 nitrogen and oxygen atoms in total. The van der Waals surface area contributed by atoms with Crippen molar-refractivity contribution in [1.29, 1.82) is 0 Å². The van der Waals surface area contributed by atoms with Crippen LogP contribution in [0.4, 0.5) is 4.39 Å². The minimum Gasteiger partial charge on any atom is -0.490 e. The molecular weight excluding hydrogens is 353 g/mol. The highest BCUT2D eigenvalue weighted by molar-refractivity contribution is 7.89. The number of halogens is 1. The standard InChI is InChI=1S/C20H30FNO3S/c1-2-3-4-5-13-26(23,24)22-20(11-12-20)17-9-10-18(21)19(14-17)25-15-16-7-6-8-16/h9-10,14,16,22H,2-8,11-13,15H2,1H3. The van der Waals surface area contributed by atoms with Gasteiger partial charge >= 0.3 is 0 Å². The molecule has 26 heavy (non-hydrogen) atoms. The fourth-order valence-corrected chi connectivity index (χ4v) is 5.02. The Bertz CT molecular complexity index is 712. The molecule has 1 N–H and O–H groups in total. The van der Waals surface area contributed by atoms with Crippen LogP contribution in [0.5, 0.6) is 5.75 Å². The van der Waals surface area contributed by atoms with Crippen LogP contribution in [0.15, 0.2) is 18.2 Å². The molecule has 0 saturated heterocycles. The van der Waals surface area contributed by atoms with Crippen molar-refractivity contribution in [3.63, 3.8) is 0 Å². The topological polar surface area (TPSA) is 55.4 Å². The van der Waals surface area contributed by atoms with E-state index in [4.69, 9.17) is 4.74 Å². The summed E-state index contributed by atoms with van der Waals surface area (Å²) in [5, 5.41) is 0. The monoisotopic (exact) mass is 383 g/mol. The second-order valence-corrected chi connectivity index (χ2v) is 9.66. The molecule has 0 aromatic heterocycles. The van der Waals surface area contributed by atoms with Crippen LogP contribution >= 0.6 is 0 Å². The van der Waals surface area contributed by atoms with E-state index in [1.54, 1.807) is 12.1 Å². The first-order chi connectivity index (χ1) is 12.4. The summed E-state index contributed by atoms with van der Waals surface area (Å²) in [6.45, 7) is 2.64. The van der Waals surface area contributed by atoms with E-state index in [0.717, 1.165) is 50.5 Å². The maximum atomic E-state index is 14.1. The zero-order valence-corrected chi connectivity index (χ0v) is 16.4. The van der Waals surface area contributed by atoms with Gasteiger partial charge in [0.15, 0.2) is 11.6 Å². The molecule has 0 unspecified atom stereocenters. The maximum absolute atomic E-state index is 14.1. The van der Waals surface area contributed by atoms with Crippen molar-refractivity contribution in [2.75, 3.05) is 12.4 Å². The Morgan fingerprint density at radius 1 is 1.23 bits per heavy atom. The van der Waals surface area contributed by atoms with Crippen molar-refractivity contribution in [1.82, 2.24) is 4.72 Å². The number of rotatable bonds is 11. The maximum Gasteiger partial charge on any atom is 0.212 e. The zero-order chi connectivity index (χ0) is 18.6. The van der Waals surface area contributed by atoms with Gasteiger partial charge in [0, 0.05) is 0 Å². The van der Waals surface area contributed by atoms with Gasteiger partial charge in [0.1, 0.15) is 0 Å². The van der Waals surface area contributed by atoms with E-state index in [2.05, 4.69) is 11.6 Å². The SMILES string of the molecule is CCCCCCS(=O)(=O)NC1(c2ccc(F)c(OCC3CCC3)c2)CC1. The normalized spacial score (nSPS) is 19.2. The lowest BCUT2D eigenvalue weighted by Crippen LogP contribution is -2.36. The molecule has 0 heterocycles. The number of nitrogens with one attached hydrogen (secondary N) is 1. The van der Waals surface area contributed by atoms with Crippen LogP contribution in [0, 0.1) is 11.7 Å². The van der Waals surface area contributed by atoms with Crippen LogP contribution in [-0.2, 0) is 15.6 Å². The lowest BCUT2D eigenvalue weighted by atomic mass is 9.86. The second kappa shape index (κ2) is 8.26. The smallest absolute Gasteiger partial charge is 0.212 e. The third-order valence-electron chi connectivity index (χ3n) is 5.55. The Labute approximate surface area is 156 Å². The predicted molar refractivity (Wildman–Crippen MR) is 101 cm³/mol. The van der Waals surface area contributed by atoms with Gasteiger partial charge in [0.2, 0.25) is 10.0 Å². The van der Waals surface area contributed by atoms with E-state index in [1.165, 1.54) is 12.5 Å². The Morgan fingerprint density at radius 2 is 2.00 bits per heavy atom. The Balaban J connectivity index is 1.63. The van der Waals surface area contributed by atoms with Gasteiger partial charge < -0.3 is 4.74 Å². The van der Waals surface area contributed by atoms with Crippen molar-refractivity contribution >= 4 is 10.0 Å². The first-order valence-electron chi connectivity index (χ1n) is 9.88. The lowest BCUT2D eigenvalue weighted by Gasteiger charge is -2.25. The summed E-state index contributed by atoms with van der Waals surface area (Å²) in [6, 6.07) is 4.75. The quantitative estimate of drug-likeness (QED) is 0.573. The molecule has 0 amide bonds. The summed E-state index contributed by atoms with van der Waals surface area (Å²) >= 11 is 0. The van der Waals surface area contributed by atoms with Crippen molar-refractivity contribution in [2.24, 2.45) is 5.92 Å². The average molecular weight is 384 g/mol. The number of sulfonamides is 1. The minimum absolute atomic E-state index is 0.154. The highest BCUT2D eigenvalue weighted by atomic mass is 32.2. The number of ether oxygens (including phenoxy) is 1. The van der Waals surface area contributed by atoms with Crippen LogP contribution in [-0.4, -0.2) is 20.8 Å². The van der Waals surface area contributed by atoms with Crippen LogP contribution in [0.2, 0.25) is 0 Å². The van der Waals surface area contributed by atoms with Gasteiger partial charge in [-0.2, -0.15) is 0 Å². The van der Waals surface area contributed by atoms with Gasteiger partial charge in [-0.3, -0.25) is 0 Å². The molecule has 2 fully saturated rings. The molecule has 146 valence electrons. The molecule has 2 aliphatic rings. The summed E-state index contributed by atoms with van der Waals surface area (Å²) in [5.74, 6) is 0.532. The number of hydrogen-bond acceptors (Lipinski definition) is 3. The molecule has 0 aliphatic heterocycles. The summed E-state index contributed by atoms with van der Waals surface area (Å²) in [7, 11) is -3.33. The van der Waals surface area contributed by atoms with Gasteiger partial charge in [-0.1, -0.05) is 38.7 Å². The Morgan fingerprint density at radius 3 is 2.62 bits per heavy atom. The molecule has 3 rings (SSSR count). The molecular formula is C20H30FNO3S. The van der Waals surface area contributed by atoms with Crippen molar-refractivity contribution in [3.05, 3.63) is 29.6 Å². The molecule has 0 radical (unpaired) electrons. The van der Waals surface area contributed by atoms with Gasteiger partial charge in [0.05, 0.1) is 17.9 Å². The van der Waals surface area contributed by atoms with Crippen LogP contribution in [0.1, 0.15) is 70.3 Å². The molecule has 2 saturated carbocycles. The van der Waals surface area contributed by atoms with E-state index in [9.17, 15) is 12.8 Å². The first-order valence-corrected chi connectivity index (χ1v) is 11.5. The molecule has 0 atom stereocenters. The molecule has 6 heteroatoms. The van der Waals surface area contributed by atoms with E-state index in [1.807, 2.05) is 0 Å². The van der Waals surface area contributed by atoms with E-state index < -0.39 is 15.6 Å². The predicted octanol–water partition coefficient (Wildman–Crippen LogP) is 4.49. The Kier molecular flexibility index (Phi) is 6.23. The van der Waals surface area contributed by atoms with E-state index >= 15 is 0 Å². The highest BCUT2D eigenvalue weighted by Crippen LogP contribution is 2.47. The zero-order valence-electron chi connectivity index (χ0n) is 15.6. The number of benzene rings is 1.